The van der Waals surface area contributed by atoms with E-state index in [1.165, 1.54) is 52.1 Å². The fourth-order valence-corrected chi connectivity index (χ4v) is 8.87. The molecule has 0 spiro atoms. The van der Waals surface area contributed by atoms with Gasteiger partial charge in [-0.2, -0.15) is 0 Å². The second kappa shape index (κ2) is 50.9. The first kappa shape index (κ1) is 84.3. The van der Waals surface area contributed by atoms with Crippen molar-refractivity contribution in [3.8, 4) is 0 Å². The Bertz CT molecular complexity index is 1970. The molecular weight excluding hydrogens is 1150 g/mol. The highest BCUT2D eigenvalue weighted by molar-refractivity contribution is 5.87. The number of carbonyl (C=O) groups excluding carboxylic acids is 9. The number of ether oxygens (including phenoxy) is 10. The van der Waals surface area contributed by atoms with Gasteiger partial charge in [0.1, 0.15) is 48.4 Å². The van der Waals surface area contributed by atoms with Crippen LogP contribution < -0.4 is 16.0 Å². The summed E-state index contributed by atoms with van der Waals surface area (Å²) in [5.74, 6) is -3.83. The summed E-state index contributed by atoms with van der Waals surface area (Å²) in [5, 5.41) is 8.11. The number of nitrogens with one attached hydrogen (secondary N) is 3. The van der Waals surface area contributed by atoms with Crippen LogP contribution in [0.15, 0.2) is 0 Å². The van der Waals surface area contributed by atoms with Gasteiger partial charge >= 0.3 is 23.9 Å². The zero-order chi connectivity index (χ0) is 66.8. The number of amides is 3. The summed E-state index contributed by atoms with van der Waals surface area (Å²) in [6.45, 7) is 20.8. The van der Waals surface area contributed by atoms with E-state index < -0.39 is 46.6 Å². The molecule has 23 heteroatoms. The Morgan fingerprint density at radius 3 is 1.35 bits per heavy atom. The zero-order valence-electron chi connectivity index (χ0n) is 57.1. The summed E-state index contributed by atoms with van der Waals surface area (Å²) in [5.41, 5.74) is -2.09. The first-order chi connectivity index (χ1) is 42.0. The number of hydrogen-bond donors (Lipinski definition) is 3. The largest absolute Gasteiger partial charge is 0.469 e. The Hall–Kier alpha value is -4.65. The van der Waals surface area contributed by atoms with Crippen molar-refractivity contribution in [1.29, 1.82) is 0 Å². The van der Waals surface area contributed by atoms with Crippen LogP contribution in [0.1, 0.15) is 216 Å². The van der Waals surface area contributed by atoms with Crippen molar-refractivity contribution in [3.05, 3.63) is 0 Å². The lowest BCUT2D eigenvalue weighted by atomic mass is 9.94. The average molecular weight is 1270 g/mol. The number of rotatable bonds is 57. The van der Waals surface area contributed by atoms with Crippen LogP contribution in [0.25, 0.3) is 0 Å². The first-order valence-corrected chi connectivity index (χ1v) is 32.9. The molecule has 3 amide bonds. The summed E-state index contributed by atoms with van der Waals surface area (Å²) in [6.07, 6.45) is 17.2. The van der Waals surface area contributed by atoms with Gasteiger partial charge in [-0.05, 0) is 88.0 Å². The summed E-state index contributed by atoms with van der Waals surface area (Å²) >= 11 is 0. The molecule has 3 N–H and O–H groups in total. The van der Waals surface area contributed by atoms with E-state index in [9.17, 15) is 43.2 Å². The number of Topliss-reactive ketones (excluding diaryl/α,β-unsaturated/α-hetero) is 2. The van der Waals surface area contributed by atoms with Crippen LogP contribution in [0.5, 0.6) is 0 Å². The van der Waals surface area contributed by atoms with Crippen LogP contribution in [0.4, 0.5) is 0 Å². The third kappa shape index (κ3) is 57.0. The molecule has 518 valence electrons. The van der Waals surface area contributed by atoms with Gasteiger partial charge in [0.15, 0.2) is 5.78 Å². The normalized spacial score (nSPS) is 12.6. The van der Waals surface area contributed by atoms with Gasteiger partial charge in [0.2, 0.25) is 17.7 Å². The lowest BCUT2D eigenvalue weighted by Gasteiger charge is -2.29. The Morgan fingerprint density at radius 1 is 0.382 bits per heavy atom. The van der Waals surface area contributed by atoms with Crippen LogP contribution in [-0.2, 0) is 90.5 Å². The van der Waals surface area contributed by atoms with Crippen LogP contribution >= 0.6 is 0 Å². The van der Waals surface area contributed by atoms with Gasteiger partial charge < -0.3 is 67.8 Å². The smallest absolute Gasteiger partial charge is 0.329 e. The molecule has 0 heterocycles. The number of ketones is 2. The lowest BCUT2D eigenvalue weighted by Crippen LogP contribution is -2.45. The Labute approximate surface area is 534 Å². The molecule has 0 bridgehead atoms. The van der Waals surface area contributed by atoms with E-state index >= 15 is 0 Å². The number of hydrogen-bond acceptors (Lipinski definition) is 19. The third-order valence-corrected chi connectivity index (χ3v) is 13.6. The number of nitrogens with zero attached hydrogens (tertiary/aromatic N) is 1. The monoisotopic (exact) mass is 1270 g/mol. The maximum Gasteiger partial charge on any atom is 0.329 e. The molecule has 0 radical (unpaired) electrons. The highest BCUT2D eigenvalue weighted by Gasteiger charge is 2.31. The van der Waals surface area contributed by atoms with Crippen molar-refractivity contribution in [1.82, 2.24) is 16.0 Å². The van der Waals surface area contributed by atoms with Gasteiger partial charge in [-0.25, -0.2) is 4.79 Å². The minimum Gasteiger partial charge on any atom is -0.469 e. The van der Waals surface area contributed by atoms with Crippen molar-refractivity contribution in [2.24, 2.45) is 5.92 Å². The highest BCUT2D eigenvalue weighted by Crippen LogP contribution is 2.22. The van der Waals surface area contributed by atoms with E-state index in [0.29, 0.717) is 50.2 Å². The van der Waals surface area contributed by atoms with Crippen molar-refractivity contribution in [3.63, 3.8) is 0 Å². The first-order valence-electron chi connectivity index (χ1n) is 32.9. The van der Waals surface area contributed by atoms with Crippen LogP contribution in [0, 0.1) is 5.92 Å². The fraction of sp³-hybridized carbons (Fsp3) is 0.864. The van der Waals surface area contributed by atoms with E-state index in [-0.39, 0.29) is 140 Å². The Balaban J connectivity index is 4.41. The van der Waals surface area contributed by atoms with Crippen LogP contribution in [-0.4, -0.2) is 207 Å². The number of likely N-dealkylation sites (N-methyl/N-ethyl adjacent to an activating group) is 1. The van der Waals surface area contributed by atoms with Crippen molar-refractivity contribution < 1.29 is 95.0 Å². The molecule has 0 fully saturated rings. The molecule has 0 unspecified atom stereocenters. The number of quaternary nitrogens is 1. The quantitative estimate of drug-likeness (QED) is 0.0224. The number of carbonyl (C=O) groups is 9. The molecule has 0 aliphatic carbocycles. The van der Waals surface area contributed by atoms with Crippen molar-refractivity contribution in [2.75, 3.05) is 127 Å². The predicted octanol–water partition coefficient (Wildman–Crippen LogP) is 8.19. The fourth-order valence-electron chi connectivity index (χ4n) is 8.87. The van der Waals surface area contributed by atoms with E-state index in [1.807, 2.05) is 20.8 Å². The summed E-state index contributed by atoms with van der Waals surface area (Å²) in [6, 6.07) is -1.15. The van der Waals surface area contributed by atoms with Crippen molar-refractivity contribution in [2.45, 2.75) is 239 Å². The van der Waals surface area contributed by atoms with Crippen LogP contribution in [0.2, 0.25) is 0 Å². The van der Waals surface area contributed by atoms with Crippen molar-refractivity contribution >= 4 is 53.2 Å². The van der Waals surface area contributed by atoms with E-state index in [1.54, 1.807) is 41.5 Å². The third-order valence-electron chi connectivity index (χ3n) is 13.6. The van der Waals surface area contributed by atoms with Crippen LogP contribution in [0.3, 0.4) is 0 Å². The minimum atomic E-state index is -1.15. The van der Waals surface area contributed by atoms with Gasteiger partial charge in [0, 0.05) is 58.0 Å². The second-order valence-corrected chi connectivity index (χ2v) is 26.3. The molecule has 0 aromatic carbocycles. The zero-order valence-corrected chi connectivity index (χ0v) is 57.1. The molecule has 0 aliphatic heterocycles. The maximum absolute atomic E-state index is 13.4. The Morgan fingerprint density at radius 2 is 0.820 bits per heavy atom. The summed E-state index contributed by atoms with van der Waals surface area (Å²) < 4.78 is 54.6. The molecule has 0 saturated heterocycles. The predicted molar refractivity (Wildman–Crippen MR) is 339 cm³/mol. The number of methoxy groups -OCH3 is 1. The molecule has 0 aromatic heterocycles. The van der Waals surface area contributed by atoms with E-state index in [0.717, 1.165) is 64.5 Å². The molecule has 0 rings (SSSR count). The van der Waals surface area contributed by atoms with Gasteiger partial charge in [0.05, 0.1) is 106 Å². The van der Waals surface area contributed by atoms with Gasteiger partial charge in [0.25, 0.3) is 0 Å². The maximum atomic E-state index is 13.4. The molecular formula is C66H121N4O19+. The van der Waals surface area contributed by atoms with E-state index in [2.05, 4.69) is 34.8 Å². The van der Waals surface area contributed by atoms with Gasteiger partial charge in [-0.15, -0.1) is 0 Å². The second-order valence-electron chi connectivity index (χ2n) is 26.3. The molecule has 0 aromatic rings. The number of esters is 4. The van der Waals surface area contributed by atoms with Gasteiger partial charge in [-0.1, -0.05) is 77.0 Å². The lowest BCUT2D eigenvalue weighted by molar-refractivity contribution is -0.890. The SMILES string of the molecule is COC(=O)CCOCCOCC[N+](C)(C)CCCC(=O)COCCOCCNC(=O)COCCOCCNC(=O)CC[C@H](NC(=O)CC[C@H](CC(=O)CCCCCCCCCCCCCCCCC(=O)OC(C)(C)C)C(=O)OC(C)(C)C)C(=O)OC(C)(C)C. The topological polar surface area (TPSA) is 282 Å². The summed E-state index contributed by atoms with van der Waals surface area (Å²) in [7, 11) is 5.51. The molecule has 2 atom stereocenters. The average Bonchev–Trinajstić information content (AvgIpc) is 3.54. The Kier molecular flexibility index (Phi) is 48.3. The minimum absolute atomic E-state index is 0.00797. The highest BCUT2D eigenvalue weighted by atomic mass is 16.6. The summed E-state index contributed by atoms with van der Waals surface area (Å²) in [4.78, 5) is 113. The standard InChI is InChI=1S/C66H120N4O19/c1-64(2,3)87-61(77)30-26-24-22-20-18-16-14-13-15-17-19-21-23-25-28-54(71)50-53(62(78)88-65(4,5)6)31-33-58(74)69-56(63(79)89-66(7,8)9)32-34-57(73)67-36-41-82-47-49-86-52-59(75)68-37-42-83-46-48-85-51-55(72)29-27-38-70(10,11)39-43-84-45-44-81-40-35-60(76)80-12/h53,56H,13-52H2,1-12H3,(H2-,67,68,69,73,74,75)/p+1/t53-,56+/m1/s1. The molecule has 0 saturated carbocycles. The van der Waals surface area contributed by atoms with Gasteiger partial charge in [-0.3, -0.25) is 38.4 Å². The molecule has 89 heavy (non-hydrogen) atoms. The molecule has 23 nitrogen and oxygen atoms in total. The molecule has 0 aliphatic rings. The van der Waals surface area contributed by atoms with E-state index in [4.69, 9.17) is 42.6 Å². The number of unbranched alkanes of at least 4 members (excludes halogenated alkanes) is 13.